The fourth-order valence-corrected chi connectivity index (χ4v) is 2.74. The van der Waals surface area contributed by atoms with Crippen LogP contribution in [-0.2, 0) is 4.74 Å². The number of amides is 1. The molecular weight excluding hydrogens is 318 g/mol. The Bertz CT molecular complexity index is 315. The minimum atomic E-state index is -0.417. The Morgan fingerprint density at radius 1 is 1.30 bits per heavy atom. The van der Waals surface area contributed by atoms with Crippen LogP contribution in [0.2, 0.25) is 0 Å². The van der Waals surface area contributed by atoms with Gasteiger partial charge in [0.05, 0.1) is 0 Å². The number of unbranched alkanes of at least 4 members (excludes halogenated alkanes) is 1. The van der Waals surface area contributed by atoms with Crippen LogP contribution < -0.4 is 5.32 Å². The highest BCUT2D eigenvalue weighted by Gasteiger charge is 2.23. The number of rotatable bonds is 5. The lowest BCUT2D eigenvalue weighted by Gasteiger charge is -2.28. The van der Waals surface area contributed by atoms with Crippen LogP contribution in [0.15, 0.2) is 12.2 Å². The van der Waals surface area contributed by atoms with Crippen molar-refractivity contribution in [3.05, 3.63) is 12.2 Å². The number of hydrogen-bond donors (Lipinski definition) is 1. The summed E-state index contributed by atoms with van der Waals surface area (Å²) >= 11 is 3.44. The quantitative estimate of drug-likeness (QED) is 0.441. The molecule has 0 atom stereocenters. The molecule has 1 aliphatic rings. The predicted molar refractivity (Wildman–Crippen MR) is 87.3 cm³/mol. The zero-order valence-electron chi connectivity index (χ0n) is 13.0. The van der Waals surface area contributed by atoms with Gasteiger partial charge in [-0.25, -0.2) is 4.79 Å². The summed E-state index contributed by atoms with van der Waals surface area (Å²) in [5, 5.41) is 4.05. The van der Waals surface area contributed by atoms with Crippen LogP contribution in [0.5, 0.6) is 0 Å². The molecule has 1 N–H and O–H groups in total. The zero-order valence-corrected chi connectivity index (χ0v) is 14.5. The maximum atomic E-state index is 11.7. The Labute approximate surface area is 131 Å². The van der Waals surface area contributed by atoms with E-state index in [1.165, 1.54) is 6.42 Å². The van der Waals surface area contributed by atoms with Crippen LogP contribution >= 0.6 is 15.9 Å². The highest BCUT2D eigenvalue weighted by Crippen LogP contribution is 2.25. The second-order valence-corrected chi connectivity index (χ2v) is 7.31. The standard InChI is InChI=1S/C16H28BrNO2/c1-16(2,3)20-15(19)18-14-10-8-13(9-11-14)7-5-4-6-12-17/h5,7,13-14H,4,6,8-12H2,1-3H3,(H,18,19). The largest absolute Gasteiger partial charge is 0.444 e. The van der Waals surface area contributed by atoms with Crippen molar-refractivity contribution in [3.8, 4) is 0 Å². The molecule has 0 aliphatic heterocycles. The summed E-state index contributed by atoms with van der Waals surface area (Å²) in [4.78, 5) is 11.7. The van der Waals surface area contributed by atoms with E-state index in [0.29, 0.717) is 5.92 Å². The normalized spacial score (nSPS) is 23.8. The van der Waals surface area contributed by atoms with Crippen LogP contribution in [0, 0.1) is 5.92 Å². The average Bonchev–Trinajstić information content (AvgIpc) is 2.34. The van der Waals surface area contributed by atoms with Gasteiger partial charge in [-0.15, -0.1) is 0 Å². The minimum absolute atomic E-state index is 0.275. The first-order valence-electron chi connectivity index (χ1n) is 7.63. The van der Waals surface area contributed by atoms with Gasteiger partial charge in [0.2, 0.25) is 0 Å². The van der Waals surface area contributed by atoms with E-state index in [2.05, 4.69) is 33.4 Å². The smallest absolute Gasteiger partial charge is 0.407 e. The van der Waals surface area contributed by atoms with Crippen LogP contribution in [0.4, 0.5) is 4.79 Å². The van der Waals surface area contributed by atoms with Crippen molar-refractivity contribution in [3.63, 3.8) is 0 Å². The number of nitrogens with one attached hydrogen (secondary N) is 1. The second kappa shape index (κ2) is 8.71. The van der Waals surface area contributed by atoms with E-state index in [4.69, 9.17) is 4.74 Å². The first-order valence-corrected chi connectivity index (χ1v) is 8.75. The highest BCUT2D eigenvalue weighted by atomic mass is 79.9. The van der Waals surface area contributed by atoms with Gasteiger partial charge < -0.3 is 10.1 Å². The number of alkyl halides is 1. The molecule has 3 nitrogen and oxygen atoms in total. The molecule has 0 bridgehead atoms. The molecule has 1 amide bonds. The lowest BCUT2D eigenvalue weighted by molar-refractivity contribution is 0.0490. The Balaban J connectivity index is 2.22. The van der Waals surface area contributed by atoms with Gasteiger partial charge in [0, 0.05) is 11.4 Å². The SMILES string of the molecule is CC(C)(C)OC(=O)NC1CCC(C=CCCCBr)CC1. The number of hydrogen-bond acceptors (Lipinski definition) is 2. The number of halogens is 1. The topological polar surface area (TPSA) is 38.3 Å². The summed E-state index contributed by atoms with van der Waals surface area (Å²) in [5.41, 5.74) is -0.417. The molecule has 0 unspecified atom stereocenters. The molecule has 0 heterocycles. The summed E-state index contributed by atoms with van der Waals surface area (Å²) < 4.78 is 5.29. The number of alkyl carbamates (subject to hydrolysis) is 1. The molecule has 0 saturated heterocycles. The fourth-order valence-electron chi connectivity index (χ4n) is 2.41. The first kappa shape index (κ1) is 17.5. The van der Waals surface area contributed by atoms with Gasteiger partial charge in [0.25, 0.3) is 0 Å². The molecule has 4 heteroatoms. The maximum Gasteiger partial charge on any atom is 0.407 e. The third-order valence-corrected chi connectivity index (χ3v) is 3.97. The van der Waals surface area contributed by atoms with E-state index in [9.17, 15) is 4.79 Å². The van der Waals surface area contributed by atoms with Crippen molar-refractivity contribution in [1.82, 2.24) is 5.32 Å². The summed E-state index contributed by atoms with van der Waals surface area (Å²) in [6.07, 6.45) is 11.1. The molecule has 0 aromatic carbocycles. The van der Waals surface area contributed by atoms with E-state index >= 15 is 0 Å². The number of ether oxygens (including phenoxy) is 1. The van der Waals surface area contributed by atoms with Crippen LogP contribution in [-0.4, -0.2) is 23.1 Å². The molecule has 1 rings (SSSR count). The van der Waals surface area contributed by atoms with E-state index in [-0.39, 0.29) is 12.1 Å². The van der Waals surface area contributed by atoms with Gasteiger partial charge in [-0.1, -0.05) is 28.1 Å². The van der Waals surface area contributed by atoms with Crippen molar-refractivity contribution in [2.24, 2.45) is 5.92 Å². The molecule has 20 heavy (non-hydrogen) atoms. The number of carbonyl (C=O) groups is 1. The van der Waals surface area contributed by atoms with Gasteiger partial charge >= 0.3 is 6.09 Å². The Morgan fingerprint density at radius 2 is 1.95 bits per heavy atom. The highest BCUT2D eigenvalue weighted by molar-refractivity contribution is 9.09. The average molecular weight is 346 g/mol. The molecule has 1 fully saturated rings. The van der Waals surface area contributed by atoms with Crippen molar-refractivity contribution in [2.45, 2.75) is 70.9 Å². The van der Waals surface area contributed by atoms with Crippen LogP contribution in [0.3, 0.4) is 0 Å². The second-order valence-electron chi connectivity index (χ2n) is 6.52. The van der Waals surface area contributed by atoms with E-state index < -0.39 is 5.60 Å². The first-order chi connectivity index (χ1) is 9.40. The monoisotopic (exact) mass is 345 g/mol. The summed E-state index contributed by atoms with van der Waals surface area (Å²) in [6.45, 7) is 5.67. The molecule has 0 aromatic heterocycles. The van der Waals surface area contributed by atoms with Crippen LogP contribution in [0.1, 0.15) is 59.3 Å². The summed E-state index contributed by atoms with van der Waals surface area (Å²) in [5.74, 6) is 0.682. The third-order valence-electron chi connectivity index (χ3n) is 3.41. The lowest BCUT2D eigenvalue weighted by Crippen LogP contribution is -2.40. The molecule has 0 spiro atoms. The van der Waals surface area contributed by atoms with Crippen molar-refractivity contribution in [1.29, 1.82) is 0 Å². The van der Waals surface area contributed by atoms with Crippen molar-refractivity contribution in [2.75, 3.05) is 5.33 Å². The Morgan fingerprint density at radius 3 is 2.50 bits per heavy atom. The zero-order chi connectivity index (χ0) is 15.0. The maximum absolute atomic E-state index is 11.7. The van der Waals surface area contributed by atoms with Gasteiger partial charge in [0.15, 0.2) is 0 Å². The molecule has 0 radical (unpaired) electrons. The van der Waals surface area contributed by atoms with Gasteiger partial charge in [-0.2, -0.15) is 0 Å². The summed E-state index contributed by atoms with van der Waals surface area (Å²) in [6, 6.07) is 0.275. The number of carbonyl (C=O) groups excluding carboxylic acids is 1. The van der Waals surface area contributed by atoms with E-state index in [1.54, 1.807) is 0 Å². The lowest BCUT2D eigenvalue weighted by atomic mass is 9.86. The summed E-state index contributed by atoms with van der Waals surface area (Å²) in [7, 11) is 0. The third kappa shape index (κ3) is 7.93. The predicted octanol–water partition coefficient (Wildman–Crippen LogP) is 4.80. The number of allylic oxidation sites excluding steroid dienone is 2. The van der Waals surface area contributed by atoms with Crippen LogP contribution in [0.25, 0.3) is 0 Å². The Kier molecular flexibility index (Phi) is 7.63. The van der Waals surface area contributed by atoms with Crippen molar-refractivity contribution >= 4 is 22.0 Å². The Hall–Kier alpha value is -0.510. The molecular formula is C16H28BrNO2. The van der Waals surface area contributed by atoms with Gasteiger partial charge in [-0.3, -0.25) is 0 Å². The van der Waals surface area contributed by atoms with Crippen molar-refractivity contribution < 1.29 is 9.53 Å². The molecule has 0 aromatic rings. The van der Waals surface area contributed by atoms with E-state index in [1.807, 2.05) is 20.8 Å². The fraction of sp³-hybridized carbons (Fsp3) is 0.812. The van der Waals surface area contributed by atoms with Gasteiger partial charge in [0.1, 0.15) is 5.60 Å². The minimum Gasteiger partial charge on any atom is -0.444 e. The molecule has 1 saturated carbocycles. The molecule has 1 aliphatic carbocycles. The van der Waals surface area contributed by atoms with Gasteiger partial charge in [-0.05, 0) is 65.2 Å². The van der Waals surface area contributed by atoms with E-state index in [0.717, 1.165) is 37.4 Å². The molecule has 116 valence electrons.